The quantitative estimate of drug-likeness (QED) is 0.773. The van der Waals surface area contributed by atoms with Crippen molar-refractivity contribution in [2.24, 2.45) is 11.7 Å². The third kappa shape index (κ3) is 2.80. The third-order valence-corrected chi connectivity index (χ3v) is 3.59. The van der Waals surface area contributed by atoms with Gasteiger partial charge in [0.15, 0.2) is 0 Å². The van der Waals surface area contributed by atoms with E-state index in [0.29, 0.717) is 18.3 Å². The van der Waals surface area contributed by atoms with E-state index in [-0.39, 0.29) is 6.61 Å². The van der Waals surface area contributed by atoms with E-state index in [2.05, 4.69) is 36.8 Å². The molecule has 2 rings (SSSR count). The molecule has 4 heteroatoms. The van der Waals surface area contributed by atoms with E-state index < -0.39 is 0 Å². The molecule has 0 aliphatic rings. The molecule has 19 heavy (non-hydrogen) atoms. The predicted molar refractivity (Wildman–Crippen MR) is 77.8 cm³/mol. The Morgan fingerprint density at radius 1 is 1.37 bits per heavy atom. The fourth-order valence-electron chi connectivity index (χ4n) is 2.52. The highest BCUT2D eigenvalue weighted by Crippen LogP contribution is 2.26. The molecular weight excluding hydrogens is 238 g/mol. The lowest BCUT2D eigenvalue weighted by atomic mass is 9.94. The van der Waals surface area contributed by atoms with Crippen molar-refractivity contribution >= 4 is 11.0 Å². The molecule has 0 saturated carbocycles. The van der Waals surface area contributed by atoms with Gasteiger partial charge in [0.1, 0.15) is 12.4 Å². The number of nitrogens with two attached hydrogens (primary N) is 1. The second-order valence-electron chi connectivity index (χ2n) is 5.52. The highest BCUT2D eigenvalue weighted by molar-refractivity contribution is 5.81. The fraction of sp³-hybridized carbons (Fsp3) is 0.533. The van der Waals surface area contributed by atoms with Crippen molar-refractivity contribution in [1.29, 1.82) is 0 Å². The van der Waals surface area contributed by atoms with Crippen LogP contribution in [0.2, 0.25) is 0 Å². The van der Waals surface area contributed by atoms with E-state index in [0.717, 1.165) is 23.9 Å². The highest BCUT2D eigenvalue weighted by atomic mass is 16.3. The standard InChI is InChI=1S/C15H23N3O/c1-9(2)4-5-11-12(7-16)10(3)6-13-15(11)18-14(8-19)17-13/h6,9,19H,4-5,7-8,16H2,1-3H3,(H,17,18). The van der Waals surface area contributed by atoms with Crippen molar-refractivity contribution in [2.75, 3.05) is 0 Å². The molecule has 0 atom stereocenters. The topological polar surface area (TPSA) is 74.9 Å². The summed E-state index contributed by atoms with van der Waals surface area (Å²) in [6.07, 6.45) is 2.10. The van der Waals surface area contributed by atoms with Gasteiger partial charge in [-0.15, -0.1) is 0 Å². The second-order valence-corrected chi connectivity index (χ2v) is 5.52. The maximum atomic E-state index is 9.23. The molecular formula is C15H23N3O. The van der Waals surface area contributed by atoms with Crippen molar-refractivity contribution in [3.8, 4) is 0 Å². The number of aromatic nitrogens is 2. The molecule has 0 fully saturated rings. The first kappa shape index (κ1) is 14.0. The van der Waals surface area contributed by atoms with Crippen molar-refractivity contribution in [3.63, 3.8) is 0 Å². The largest absolute Gasteiger partial charge is 0.388 e. The first-order valence-electron chi connectivity index (χ1n) is 6.87. The number of rotatable bonds is 5. The number of aliphatic hydroxyl groups excluding tert-OH is 1. The number of H-pyrrole nitrogens is 1. The summed E-state index contributed by atoms with van der Waals surface area (Å²) in [5, 5.41) is 9.23. The Hall–Kier alpha value is -1.39. The van der Waals surface area contributed by atoms with Crippen LogP contribution in [-0.4, -0.2) is 15.1 Å². The smallest absolute Gasteiger partial charge is 0.133 e. The van der Waals surface area contributed by atoms with Gasteiger partial charge >= 0.3 is 0 Å². The van der Waals surface area contributed by atoms with Crippen molar-refractivity contribution in [2.45, 2.75) is 46.8 Å². The van der Waals surface area contributed by atoms with Crippen LogP contribution in [0.25, 0.3) is 11.0 Å². The van der Waals surface area contributed by atoms with Gasteiger partial charge < -0.3 is 15.8 Å². The zero-order chi connectivity index (χ0) is 14.0. The van der Waals surface area contributed by atoms with Crippen LogP contribution in [0.5, 0.6) is 0 Å². The number of hydrogen-bond acceptors (Lipinski definition) is 3. The van der Waals surface area contributed by atoms with Gasteiger partial charge in [-0.1, -0.05) is 13.8 Å². The van der Waals surface area contributed by atoms with E-state index in [1.807, 2.05) is 0 Å². The van der Waals surface area contributed by atoms with E-state index in [1.54, 1.807) is 0 Å². The lowest BCUT2D eigenvalue weighted by Gasteiger charge is -2.13. The summed E-state index contributed by atoms with van der Waals surface area (Å²) >= 11 is 0. The Labute approximate surface area is 114 Å². The molecule has 1 heterocycles. The van der Waals surface area contributed by atoms with Gasteiger partial charge in [0.25, 0.3) is 0 Å². The van der Waals surface area contributed by atoms with Gasteiger partial charge in [-0.05, 0) is 48.4 Å². The number of nitrogens with zero attached hydrogens (tertiary/aromatic N) is 1. The molecule has 1 aromatic carbocycles. The van der Waals surface area contributed by atoms with E-state index in [1.165, 1.54) is 16.7 Å². The normalized spacial score (nSPS) is 11.7. The molecule has 0 spiro atoms. The second kappa shape index (κ2) is 5.72. The predicted octanol–water partition coefficient (Wildman–Crippen LogP) is 2.41. The molecule has 0 radical (unpaired) electrons. The van der Waals surface area contributed by atoms with Crippen LogP contribution in [0.1, 0.15) is 42.8 Å². The van der Waals surface area contributed by atoms with Crippen LogP contribution < -0.4 is 5.73 Å². The number of hydrogen-bond donors (Lipinski definition) is 3. The summed E-state index contributed by atoms with van der Waals surface area (Å²) in [6, 6.07) is 2.07. The molecule has 0 aliphatic heterocycles. The summed E-state index contributed by atoms with van der Waals surface area (Å²) in [5.74, 6) is 1.27. The van der Waals surface area contributed by atoms with Crippen molar-refractivity contribution in [3.05, 3.63) is 28.6 Å². The number of benzene rings is 1. The summed E-state index contributed by atoms with van der Waals surface area (Å²) in [6.45, 7) is 7.00. The van der Waals surface area contributed by atoms with Crippen LogP contribution >= 0.6 is 0 Å². The maximum absolute atomic E-state index is 9.23. The first-order valence-corrected chi connectivity index (χ1v) is 6.87. The molecule has 4 nitrogen and oxygen atoms in total. The molecule has 2 aromatic rings. The molecule has 0 unspecified atom stereocenters. The minimum absolute atomic E-state index is 0.0602. The number of aliphatic hydroxyl groups is 1. The Morgan fingerprint density at radius 2 is 2.11 bits per heavy atom. The maximum Gasteiger partial charge on any atom is 0.133 e. The first-order chi connectivity index (χ1) is 9.06. The fourth-order valence-corrected chi connectivity index (χ4v) is 2.52. The van der Waals surface area contributed by atoms with Crippen molar-refractivity contribution in [1.82, 2.24) is 9.97 Å². The SMILES string of the molecule is Cc1cc2[nH]c(CO)nc2c(CCC(C)C)c1CN. The van der Waals surface area contributed by atoms with Crippen LogP contribution in [-0.2, 0) is 19.6 Å². The molecule has 0 amide bonds. The van der Waals surface area contributed by atoms with Gasteiger partial charge in [-0.3, -0.25) is 0 Å². The van der Waals surface area contributed by atoms with Gasteiger partial charge in [-0.2, -0.15) is 0 Å². The number of imidazole rings is 1. The highest BCUT2D eigenvalue weighted by Gasteiger charge is 2.14. The van der Waals surface area contributed by atoms with Crippen LogP contribution in [0.4, 0.5) is 0 Å². The summed E-state index contributed by atoms with van der Waals surface area (Å²) < 4.78 is 0. The van der Waals surface area contributed by atoms with Crippen LogP contribution in [0.15, 0.2) is 6.07 Å². The molecule has 0 bridgehead atoms. The monoisotopic (exact) mass is 261 g/mol. The summed E-state index contributed by atoms with van der Waals surface area (Å²) in [5.41, 5.74) is 11.5. The third-order valence-electron chi connectivity index (χ3n) is 3.59. The molecule has 0 saturated heterocycles. The molecule has 104 valence electrons. The Bertz CT molecular complexity index is 572. The molecule has 1 aromatic heterocycles. The Morgan fingerprint density at radius 3 is 2.68 bits per heavy atom. The average molecular weight is 261 g/mol. The van der Waals surface area contributed by atoms with Gasteiger partial charge in [0, 0.05) is 6.54 Å². The Kier molecular flexibility index (Phi) is 4.22. The minimum Gasteiger partial charge on any atom is -0.388 e. The van der Waals surface area contributed by atoms with E-state index in [9.17, 15) is 5.11 Å². The lowest BCUT2D eigenvalue weighted by molar-refractivity contribution is 0.273. The van der Waals surface area contributed by atoms with Gasteiger partial charge in [-0.25, -0.2) is 4.98 Å². The average Bonchev–Trinajstić information content (AvgIpc) is 2.77. The van der Waals surface area contributed by atoms with Gasteiger partial charge in [0.2, 0.25) is 0 Å². The minimum atomic E-state index is -0.0602. The molecule has 0 aliphatic carbocycles. The number of nitrogens with one attached hydrogen (secondary N) is 1. The Balaban J connectivity index is 2.56. The van der Waals surface area contributed by atoms with E-state index >= 15 is 0 Å². The number of aromatic amines is 1. The van der Waals surface area contributed by atoms with Crippen LogP contribution in [0, 0.1) is 12.8 Å². The summed E-state index contributed by atoms with van der Waals surface area (Å²) in [4.78, 5) is 7.66. The zero-order valence-electron chi connectivity index (χ0n) is 12.0. The zero-order valence-corrected chi connectivity index (χ0v) is 12.0. The molecule has 4 N–H and O–H groups in total. The number of fused-ring (bicyclic) bond motifs is 1. The summed E-state index contributed by atoms with van der Waals surface area (Å²) in [7, 11) is 0. The van der Waals surface area contributed by atoms with E-state index in [4.69, 9.17) is 5.73 Å². The van der Waals surface area contributed by atoms with Crippen molar-refractivity contribution < 1.29 is 5.11 Å². The lowest BCUT2D eigenvalue weighted by Crippen LogP contribution is -2.06. The van der Waals surface area contributed by atoms with Gasteiger partial charge in [0.05, 0.1) is 11.0 Å². The number of aryl methyl sites for hydroxylation is 2. The van der Waals surface area contributed by atoms with Crippen LogP contribution in [0.3, 0.4) is 0 Å².